The van der Waals surface area contributed by atoms with Gasteiger partial charge in [0.15, 0.2) is 0 Å². The molecule has 1 N–H and O–H groups in total. The monoisotopic (exact) mass is 277 g/mol. The van der Waals surface area contributed by atoms with E-state index in [0.717, 1.165) is 38.2 Å². The molecule has 1 aliphatic heterocycles. The number of hydrogen-bond donors (Lipinski definition) is 1. The van der Waals surface area contributed by atoms with Gasteiger partial charge in [0.2, 0.25) is 0 Å². The van der Waals surface area contributed by atoms with Crippen molar-refractivity contribution in [2.45, 2.75) is 45.2 Å². The molecule has 0 saturated carbocycles. The maximum absolute atomic E-state index is 5.50. The van der Waals surface area contributed by atoms with Gasteiger partial charge in [-0.25, -0.2) is 0 Å². The molecule has 1 saturated heterocycles. The fourth-order valence-electron chi connectivity index (χ4n) is 3.05. The smallest absolute Gasteiger partial charge is 0.123 e. The van der Waals surface area contributed by atoms with Gasteiger partial charge in [-0.1, -0.05) is 25.1 Å². The summed E-state index contributed by atoms with van der Waals surface area (Å²) in [5.74, 6) is 1.69. The first-order valence-electron chi connectivity index (χ1n) is 7.73. The summed E-state index contributed by atoms with van der Waals surface area (Å²) in [5.41, 5.74) is 1.26. The second kappa shape index (κ2) is 7.65. The van der Waals surface area contributed by atoms with Gasteiger partial charge in [-0.15, -0.1) is 0 Å². The summed E-state index contributed by atoms with van der Waals surface area (Å²) in [6.45, 7) is 6.33. The van der Waals surface area contributed by atoms with E-state index in [2.05, 4.69) is 31.3 Å². The lowest BCUT2D eigenvalue weighted by atomic mass is 9.91. The summed E-state index contributed by atoms with van der Waals surface area (Å²) >= 11 is 0. The SMILES string of the molecule is CCC(NC(C)C1CCOCC1)c1ccccc1OC. The van der Waals surface area contributed by atoms with Crippen LogP contribution in [-0.2, 0) is 4.74 Å². The average molecular weight is 277 g/mol. The molecule has 0 amide bonds. The number of rotatable bonds is 6. The molecule has 1 aromatic carbocycles. The zero-order valence-corrected chi connectivity index (χ0v) is 12.9. The molecule has 1 aliphatic rings. The Labute approximate surface area is 122 Å². The molecule has 0 aliphatic carbocycles. The minimum Gasteiger partial charge on any atom is -0.496 e. The molecule has 112 valence electrons. The van der Waals surface area contributed by atoms with Gasteiger partial charge in [-0.05, 0) is 38.2 Å². The number of ether oxygens (including phenoxy) is 2. The lowest BCUT2D eigenvalue weighted by Crippen LogP contribution is -2.38. The van der Waals surface area contributed by atoms with Crippen molar-refractivity contribution in [2.24, 2.45) is 5.92 Å². The van der Waals surface area contributed by atoms with Crippen LogP contribution in [0, 0.1) is 5.92 Å². The first-order chi connectivity index (χ1) is 9.76. The summed E-state index contributed by atoms with van der Waals surface area (Å²) in [5, 5.41) is 3.79. The Bertz CT molecular complexity index is 402. The fraction of sp³-hybridized carbons (Fsp3) is 0.647. The highest BCUT2D eigenvalue weighted by molar-refractivity contribution is 5.35. The molecular formula is C17H27NO2. The first-order valence-corrected chi connectivity index (χ1v) is 7.73. The molecule has 0 spiro atoms. The van der Waals surface area contributed by atoms with Crippen molar-refractivity contribution in [1.82, 2.24) is 5.32 Å². The van der Waals surface area contributed by atoms with Gasteiger partial charge in [0.05, 0.1) is 7.11 Å². The lowest BCUT2D eigenvalue weighted by Gasteiger charge is -2.32. The van der Waals surface area contributed by atoms with Gasteiger partial charge >= 0.3 is 0 Å². The van der Waals surface area contributed by atoms with Crippen LogP contribution in [0.5, 0.6) is 5.75 Å². The van der Waals surface area contributed by atoms with Crippen molar-refractivity contribution in [3.8, 4) is 5.75 Å². The van der Waals surface area contributed by atoms with Crippen LogP contribution in [0.25, 0.3) is 0 Å². The Kier molecular flexibility index (Phi) is 5.86. The van der Waals surface area contributed by atoms with E-state index in [1.54, 1.807) is 7.11 Å². The molecule has 20 heavy (non-hydrogen) atoms. The summed E-state index contributed by atoms with van der Waals surface area (Å²) < 4.78 is 10.9. The van der Waals surface area contributed by atoms with Gasteiger partial charge < -0.3 is 14.8 Å². The number of nitrogens with one attached hydrogen (secondary N) is 1. The van der Waals surface area contributed by atoms with Crippen LogP contribution in [-0.4, -0.2) is 26.4 Å². The maximum Gasteiger partial charge on any atom is 0.123 e. The van der Waals surface area contributed by atoms with Gasteiger partial charge in [0.25, 0.3) is 0 Å². The summed E-state index contributed by atoms with van der Waals surface area (Å²) in [6, 6.07) is 9.17. The van der Waals surface area contributed by atoms with E-state index in [0.29, 0.717) is 18.0 Å². The van der Waals surface area contributed by atoms with Crippen molar-refractivity contribution in [3.63, 3.8) is 0 Å². The van der Waals surface area contributed by atoms with Gasteiger partial charge in [0, 0.05) is 30.9 Å². The molecule has 3 heteroatoms. The number of benzene rings is 1. The quantitative estimate of drug-likeness (QED) is 0.862. The van der Waals surface area contributed by atoms with E-state index in [1.807, 2.05) is 12.1 Å². The van der Waals surface area contributed by atoms with Gasteiger partial charge in [0.1, 0.15) is 5.75 Å². The predicted octanol–water partition coefficient (Wildman–Crippen LogP) is 3.55. The molecule has 0 bridgehead atoms. The molecule has 0 aromatic heterocycles. The van der Waals surface area contributed by atoms with Crippen LogP contribution >= 0.6 is 0 Å². The molecule has 1 aromatic rings. The second-order valence-corrected chi connectivity index (χ2v) is 5.61. The molecule has 2 atom stereocenters. The van der Waals surface area contributed by atoms with Crippen molar-refractivity contribution in [2.75, 3.05) is 20.3 Å². The largest absolute Gasteiger partial charge is 0.496 e. The standard InChI is InChI=1S/C17H27NO2/c1-4-16(15-7-5-6-8-17(15)19-3)18-13(2)14-9-11-20-12-10-14/h5-8,13-14,16,18H,4,9-12H2,1-3H3. The Hall–Kier alpha value is -1.06. The maximum atomic E-state index is 5.50. The highest BCUT2D eigenvalue weighted by Crippen LogP contribution is 2.29. The van der Waals surface area contributed by atoms with E-state index in [1.165, 1.54) is 5.56 Å². The lowest BCUT2D eigenvalue weighted by molar-refractivity contribution is 0.0542. The molecular weight excluding hydrogens is 250 g/mol. The normalized spacial score (nSPS) is 19.6. The van der Waals surface area contributed by atoms with E-state index in [9.17, 15) is 0 Å². The van der Waals surface area contributed by atoms with Gasteiger partial charge in [-0.3, -0.25) is 0 Å². The zero-order valence-electron chi connectivity index (χ0n) is 12.9. The molecule has 2 unspecified atom stereocenters. The Morgan fingerprint density at radius 3 is 2.65 bits per heavy atom. The van der Waals surface area contributed by atoms with E-state index < -0.39 is 0 Å². The van der Waals surface area contributed by atoms with Crippen LogP contribution < -0.4 is 10.1 Å². The number of hydrogen-bond acceptors (Lipinski definition) is 3. The Morgan fingerprint density at radius 2 is 2.00 bits per heavy atom. The van der Waals surface area contributed by atoms with Crippen molar-refractivity contribution in [3.05, 3.63) is 29.8 Å². The first kappa shape index (κ1) is 15.3. The molecule has 0 radical (unpaired) electrons. The van der Waals surface area contributed by atoms with Gasteiger partial charge in [-0.2, -0.15) is 0 Å². The third-order valence-corrected chi connectivity index (χ3v) is 4.36. The van der Waals surface area contributed by atoms with E-state index in [-0.39, 0.29) is 0 Å². The van der Waals surface area contributed by atoms with Crippen molar-refractivity contribution < 1.29 is 9.47 Å². The van der Waals surface area contributed by atoms with Crippen LogP contribution in [0.15, 0.2) is 24.3 Å². The Balaban J connectivity index is 2.04. The molecule has 1 heterocycles. The molecule has 1 fully saturated rings. The Morgan fingerprint density at radius 1 is 1.30 bits per heavy atom. The van der Waals surface area contributed by atoms with Crippen LogP contribution in [0.2, 0.25) is 0 Å². The molecule has 2 rings (SSSR count). The third kappa shape index (κ3) is 3.74. The van der Waals surface area contributed by atoms with Crippen LogP contribution in [0.1, 0.15) is 44.7 Å². The summed E-state index contributed by atoms with van der Waals surface area (Å²) in [6.07, 6.45) is 3.39. The zero-order chi connectivity index (χ0) is 14.4. The third-order valence-electron chi connectivity index (χ3n) is 4.36. The fourth-order valence-corrected chi connectivity index (χ4v) is 3.05. The summed E-state index contributed by atoms with van der Waals surface area (Å²) in [7, 11) is 1.74. The van der Waals surface area contributed by atoms with E-state index in [4.69, 9.17) is 9.47 Å². The van der Waals surface area contributed by atoms with Crippen LogP contribution in [0.3, 0.4) is 0 Å². The predicted molar refractivity (Wildman–Crippen MR) is 82.2 cm³/mol. The average Bonchev–Trinajstić information content (AvgIpc) is 2.53. The highest BCUT2D eigenvalue weighted by Gasteiger charge is 2.23. The van der Waals surface area contributed by atoms with Crippen molar-refractivity contribution in [1.29, 1.82) is 0 Å². The van der Waals surface area contributed by atoms with Crippen molar-refractivity contribution >= 4 is 0 Å². The van der Waals surface area contributed by atoms with E-state index >= 15 is 0 Å². The minimum absolute atomic E-state index is 0.351. The number of methoxy groups -OCH3 is 1. The number of para-hydroxylation sites is 1. The topological polar surface area (TPSA) is 30.5 Å². The minimum atomic E-state index is 0.351. The second-order valence-electron chi connectivity index (χ2n) is 5.61. The summed E-state index contributed by atoms with van der Waals surface area (Å²) in [4.78, 5) is 0. The molecule has 3 nitrogen and oxygen atoms in total. The highest BCUT2D eigenvalue weighted by atomic mass is 16.5. The van der Waals surface area contributed by atoms with Crippen LogP contribution in [0.4, 0.5) is 0 Å².